The Morgan fingerprint density at radius 3 is 2.55 bits per heavy atom. The lowest BCUT2D eigenvalue weighted by Crippen LogP contribution is -2.49. The lowest BCUT2D eigenvalue weighted by atomic mass is 9.91. The number of carbonyl (C=O) groups is 1. The zero-order chi connectivity index (χ0) is 16.4. The van der Waals surface area contributed by atoms with Gasteiger partial charge in [0.1, 0.15) is 5.67 Å². The predicted octanol–water partition coefficient (Wildman–Crippen LogP) is 1.84. The maximum atomic E-state index is 14.7. The molecule has 2 rings (SSSR count). The predicted molar refractivity (Wildman–Crippen MR) is 79.8 cm³/mol. The summed E-state index contributed by atoms with van der Waals surface area (Å²) in [5.74, 6) is 1.05. The van der Waals surface area contributed by atoms with Crippen LogP contribution in [-0.2, 0) is 11.3 Å². The molecule has 0 radical (unpaired) electrons. The molecule has 0 saturated carbocycles. The number of rotatable bonds is 4. The van der Waals surface area contributed by atoms with E-state index in [9.17, 15) is 9.18 Å². The molecule has 0 aliphatic carbocycles. The molecule has 1 aliphatic rings. The minimum absolute atomic E-state index is 0.0816. The maximum absolute atomic E-state index is 14.7. The molecule has 1 aromatic heterocycles. The normalized spacial score (nSPS) is 19.1. The highest BCUT2D eigenvalue weighted by atomic mass is 19.1. The molecule has 7 heteroatoms. The highest BCUT2D eigenvalue weighted by Crippen LogP contribution is 2.27. The molecule has 1 aliphatic heterocycles. The second-order valence-electron chi connectivity index (χ2n) is 7.09. The van der Waals surface area contributed by atoms with Crippen LogP contribution >= 0.6 is 0 Å². The largest absolute Gasteiger partial charge is 0.352 e. The smallest absolute Gasteiger partial charge is 0.225 e. The van der Waals surface area contributed by atoms with E-state index in [1.165, 1.54) is 0 Å². The van der Waals surface area contributed by atoms with Crippen molar-refractivity contribution >= 4 is 5.91 Å². The van der Waals surface area contributed by atoms with Crippen LogP contribution in [0.5, 0.6) is 0 Å². The van der Waals surface area contributed by atoms with E-state index in [1.807, 2.05) is 20.8 Å². The van der Waals surface area contributed by atoms with Gasteiger partial charge in [0.25, 0.3) is 0 Å². The van der Waals surface area contributed by atoms with Crippen LogP contribution in [0.3, 0.4) is 0 Å². The fourth-order valence-electron chi connectivity index (χ4n) is 2.40. The van der Waals surface area contributed by atoms with Crippen LogP contribution in [0.25, 0.3) is 0 Å². The number of likely N-dealkylation sites (tertiary alicyclic amines) is 1. The lowest BCUT2D eigenvalue weighted by Gasteiger charge is -2.36. The molecule has 0 atom stereocenters. The number of halogens is 1. The quantitative estimate of drug-likeness (QED) is 0.918. The Morgan fingerprint density at radius 2 is 2.05 bits per heavy atom. The SMILES string of the molecule is Cc1nc(CN2CCC(F)(CNC(=O)C(C)(C)C)CC2)no1. The van der Waals surface area contributed by atoms with Gasteiger partial charge in [0.2, 0.25) is 11.8 Å². The van der Waals surface area contributed by atoms with Crippen LogP contribution in [0.15, 0.2) is 4.52 Å². The van der Waals surface area contributed by atoms with Crippen LogP contribution < -0.4 is 5.32 Å². The van der Waals surface area contributed by atoms with Crippen LogP contribution in [0.2, 0.25) is 0 Å². The lowest BCUT2D eigenvalue weighted by molar-refractivity contribution is -0.129. The minimum Gasteiger partial charge on any atom is -0.352 e. The molecule has 1 saturated heterocycles. The number of piperidine rings is 1. The summed E-state index contributed by atoms with van der Waals surface area (Å²) in [7, 11) is 0. The number of nitrogens with zero attached hydrogens (tertiary/aromatic N) is 3. The summed E-state index contributed by atoms with van der Waals surface area (Å²) in [6.45, 7) is 9.11. The van der Waals surface area contributed by atoms with Crippen LogP contribution in [0, 0.1) is 12.3 Å². The fourth-order valence-corrected chi connectivity index (χ4v) is 2.40. The standard InChI is InChI=1S/C15H25FN4O2/c1-11-18-12(19-22-11)9-20-7-5-15(16,6-8-20)10-17-13(21)14(2,3)4/h5-10H2,1-4H3,(H,17,21). The van der Waals surface area contributed by atoms with Gasteiger partial charge < -0.3 is 9.84 Å². The summed E-state index contributed by atoms with van der Waals surface area (Å²) in [5.41, 5.74) is -1.82. The minimum atomic E-state index is -1.33. The molecule has 124 valence electrons. The average molecular weight is 312 g/mol. The van der Waals surface area contributed by atoms with Gasteiger partial charge in [-0.1, -0.05) is 25.9 Å². The first-order chi connectivity index (χ1) is 10.2. The van der Waals surface area contributed by atoms with Crippen molar-refractivity contribution < 1.29 is 13.7 Å². The van der Waals surface area contributed by atoms with Gasteiger partial charge >= 0.3 is 0 Å². The van der Waals surface area contributed by atoms with E-state index in [0.717, 1.165) is 0 Å². The van der Waals surface area contributed by atoms with E-state index in [2.05, 4.69) is 20.4 Å². The van der Waals surface area contributed by atoms with Crippen molar-refractivity contribution in [1.29, 1.82) is 0 Å². The van der Waals surface area contributed by atoms with E-state index < -0.39 is 11.1 Å². The summed E-state index contributed by atoms with van der Waals surface area (Å²) < 4.78 is 19.7. The first-order valence-corrected chi connectivity index (χ1v) is 7.67. The van der Waals surface area contributed by atoms with Crippen molar-refractivity contribution in [3.63, 3.8) is 0 Å². The molecule has 6 nitrogen and oxygen atoms in total. The molecule has 0 bridgehead atoms. The molecule has 22 heavy (non-hydrogen) atoms. The Kier molecular flexibility index (Phi) is 4.84. The zero-order valence-electron chi connectivity index (χ0n) is 13.8. The summed E-state index contributed by atoms with van der Waals surface area (Å²) >= 11 is 0. The summed E-state index contributed by atoms with van der Waals surface area (Å²) in [5, 5.41) is 6.58. The topological polar surface area (TPSA) is 71.3 Å². The van der Waals surface area contributed by atoms with Crippen LogP contribution in [0.1, 0.15) is 45.3 Å². The number of nitrogens with one attached hydrogen (secondary N) is 1. The van der Waals surface area contributed by atoms with Gasteiger partial charge in [-0.15, -0.1) is 0 Å². The third-order valence-electron chi connectivity index (χ3n) is 3.93. The van der Waals surface area contributed by atoms with Gasteiger partial charge in [0.15, 0.2) is 5.82 Å². The maximum Gasteiger partial charge on any atom is 0.225 e. The Bertz CT molecular complexity index is 516. The van der Waals surface area contributed by atoms with E-state index in [0.29, 0.717) is 44.2 Å². The van der Waals surface area contributed by atoms with Gasteiger partial charge in [-0.2, -0.15) is 4.98 Å². The number of amides is 1. The number of hydrogen-bond acceptors (Lipinski definition) is 5. The fraction of sp³-hybridized carbons (Fsp3) is 0.800. The molecule has 0 spiro atoms. The number of aryl methyl sites for hydroxylation is 1. The molecule has 0 unspecified atom stereocenters. The Morgan fingerprint density at radius 1 is 1.41 bits per heavy atom. The first kappa shape index (κ1) is 16.9. The van der Waals surface area contributed by atoms with Crippen molar-refractivity contribution in [3.8, 4) is 0 Å². The molecule has 1 N–H and O–H groups in total. The highest BCUT2D eigenvalue weighted by molar-refractivity contribution is 5.81. The molecule has 1 amide bonds. The van der Waals surface area contributed by atoms with Gasteiger partial charge in [-0.05, 0) is 12.8 Å². The van der Waals surface area contributed by atoms with Crippen LogP contribution in [-0.4, -0.2) is 46.3 Å². The third kappa shape index (κ3) is 4.50. The second kappa shape index (κ2) is 6.32. The van der Waals surface area contributed by atoms with Crippen molar-refractivity contribution in [2.75, 3.05) is 19.6 Å². The summed E-state index contributed by atoms with van der Waals surface area (Å²) in [6, 6.07) is 0. The van der Waals surface area contributed by atoms with Crippen molar-refractivity contribution in [1.82, 2.24) is 20.4 Å². The summed E-state index contributed by atoms with van der Waals surface area (Å²) in [6.07, 6.45) is 0.794. The molecule has 0 aromatic carbocycles. The van der Waals surface area contributed by atoms with Crippen LogP contribution in [0.4, 0.5) is 4.39 Å². The van der Waals surface area contributed by atoms with E-state index in [-0.39, 0.29) is 12.5 Å². The molecular formula is C15H25FN4O2. The van der Waals surface area contributed by atoms with Crippen molar-refractivity contribution in [3.05, 3.63) is 11.7 Å². The van der Waals surface area contributed by atoms with Crippen molar-refractivity contribution in [2.24, 2.45) is 5.41 Å². The van der Waals surface area contributed by atoms with Gasteiger partial charge in [0, 0.05) is 25.4 Å². The molecule has 1 fully saturated rings. The highest BCUT2D eigenvalue weighted by Gasteiger charge is 2.36. The Hall–Kier alpha value is -1.50. The second-order valence-corrected chi connectivity index (χ2v) is 7.09. The monoisotopic (exact) mass is 312 g/mol. The van der Waals surface area contributed by atoms with Gasteiger partial charge in [0.05, 0.1) is 13.1 Å². The number of hydrogen-bond donors (Lipinski definition) is 1. The van der Waals surface area contributed by atoms with Crippen molar-refractivity contribution in [2.45, 2.75) is 52.8 Å². The average Bonchev–Trinajstić information content (AvgIpc) is 2.83. The molecule has 2 heterocycles. The first-order valence-electron chi connectivity index (χ1n) is 7.67. The molecular weight excluding hydrogens is 287 g/mol. The Labute approximate surface area is 130 Å². The number of carbonyl (C=O) groups excluding carboxylic acids is 1. The molecule has 1 aromatic rings. The summed E-state index contributed by atoms with van der Waals surface area (Å²) in [4.78, 5) is 18.1. The third-order valence-corrected chi connectivity index (χ3v) is 3.93. The van der Waals surface area contributed by atoms with Gasteiger partial charge in [-0.3, -0.25) is 9.69 Å². The van der Waals surface area contributed by atoms with E-state index >= 15 is 0 Å². The number of aromatic nitrogens is 2. The Balaban J connectivity index is 1.79. The number of alkyl halides is 1. The van der Waals surface area contributed by atoms with E-state index in [1.54, 1.807) is 6.92 Å². The zero-order valence-corrected chi connectivity index (χ0v) is 13.8. The van der Waals surface area contributed by atoms with Gasteiger partial charge in [-0.25, -0.2) is 4.39 Å². The van der Waals surface area contributed by atoms with E-state index in [4.69, 9.17) is 4.52 Å².